The van der Waals surface area contributed by atoms with Crippen LogP contribution in [0.15, 0.2) is 18.2 Å². The molecule has 1 N–H and O–H groups in total. The SMILES string of the molecule is Fc1ccc(CNC2CC3CCC2C3)cc1F. The third-order valence-corrected chi connectivity index (χ3v) is 4.29. The Labute approximate surface area is 100 Å². The van der Waals surface area contributed by atoms with E-state index in [1.165, 1.54) is 37.8 Å². The van der Waals surface area contributed by atoms with Crippen molar-refractivity contribution in [3.8, 4) is 0 Å². The summed E-state index contributed by atoms with van der Waals surface area (Å²) in [5, 5.41) is 3.49. The molecule has 2 bridgehead atoms. The molecule has 0 amide bonds. The Morgan fingerprint density at radius 1 is 1.12 bits per heavy atom. The molecule has 0 radical (unpaired) electrons. The second-order valence-corrected chi connectivity index (χ2v) is 5.41. The average Bonchev–Trinajstić information content (AvgIpc) is 2.92. The molecule has 3 heteroatoms. The molecule has 17 heavy (non-hydrogen) atoms. The van der Waals surface area contributed by atoms with Gasteiger partial charge in [0.2, 0.25) is 0 Å². The molecule has 0 spiro atoms. The Balaban J connectivity index is 1.59. The zero-order valence-electron chi connectivity index (χ0n) is 9.76. The van der Waals surface area contributed by atoms with Crippen molar-refractivity contribution >= 4 is 0 Å². The molecule has 2 aliphatic rings. The number of rotatable bonds is 3. The lowest BCUT2D eigenvalue weighted by Crippen LogP contribution is -2.33. The monoisotopic (exact) mass is 237 g/mol. The van der Waals surface area contributed by atoms with Crippen LogP contribution >= 0.6 is 0 Å². The van der Waals surface area contributed by atoms with Crippen LogP contribution in [-0.2, 0) is 6.54 Å². The molecule has 0 saturated heterocycles. The van der Waals surface area contributed by atoms with Gasteiger partial charge >= 0.3 is 0 Å². The van der Waals surface area contributed by atoms with E-state index in [0.29, 0.717) is 12.6 Å². The maximum Gasteiger partial charge on any atom is 0.159 e. The second kappa shape index (κ2) is 4.37. The van der Waals surface area contributed by atoms with Gasteiger partial charge in [0, 0.05) is 12.6 Å². The van der Waals surface area contributed by atoms with Gasteiger partial charge in [0.15, 0.2) is 11.6 Å². The van der Waals surface area contributed by atoms with Gasteiger partial charge in [-0.15, -0.1) is 0 Å². The van der Waals surface area contributed by atoms with Crippen LogP contribution in [0.5, 0.6) is 0 Å². The Bertz CT molecular complexity index is 419. The van der Waals surface area contributed by atoms with E-state index in [0.717, 1.165) is 17.4 Å². The first-order valence-electron chi connectivity index (χ1n) is 6.39. The molecule has 3 rings (SSSR count). The maximum atomic E-state index is 13.0. The third-order valence-electron chi connectivity index (χ3n) is 4.29. The fraction of sp³-hybridized carbons (Fsp3) is 0.571. The Morgan fingerprint density at radius 2 is 2.00 bits per heavy atom. The lowest BCUT2D eigenvalue weighted by molar-refractivity contribution is 0.350. The Morgan fingerprint density at radius 3 is 2.65 bits per heavy atom. The standard InChI is InChI=1S/C14H17F2N/c15-12-4-2-10(6-13(12)16)8-17-14-7-9-1-3-11(14)5-9/h2,4,6,9,11,14,17H,1,3,5,7-8H2. The van der Waals surface area contributed by atoms with Crippen LogP contribution < -0.4 is 5.32 Å². The second-order valence-electron chi connectivity index (χ2n) is 5.41. The molecule has 1 aromatic rings. The molecule has 0 heterocycles. The van der Waals surface area contributed by atoms with Crippen molar-refractivity contribution in [3.63, 3.8) is 0 Å². The number of halogens is 2. The third kappa shape index (κ3) is 2.21. The van der Waals surface area contributed by atoms with Gasteiger partial charge in [-0.2, -0.15) is 0 Å². The number of fused-ring (bicyclic) bond motifs is 2. The molecule has 3 atom stereocenters. The molecular formula is C14H17F2N. The highest BCUT2D eigenvalue weighted by atomic mass is 19.2. The fourth-order valence-electron chi connectivity index (χ4n) is 3.39. The highest BCUT2D eigenvalue weighted by Crippen LogP contribution is 2.44. The van der Waals surface area contributed by atoms with Gasteiger partial charge in [-0.1, -0.05) is 12.5 Å². The van der Waals surface area contributed by atoms with Crippen molar-refractivity contribution in [1.82, 2.24) is 5.32 Å². The van der Waals surface area contributed by atoms with Crippen LogP contribution in [-0.4, -0.2) is 6.04 Å². The average molecular weight is 237 g/mol. The lowest BCUT2D eigenvalue weighted by Gasteiger charge is -2.23. The van der Waals surface area contributed by atoms with E-state index in [-0.39, 0.29) is 0 Å². The number of nitrogens with one attached hydrogen (secondary N) is 1. The number of hydrogen-bond donors (Lipinski definition) is 1. The van der Waals surface area contributed by atoms with E-state index < -0.39 is 11.6 Å². The van der Waals surface area contributed by atoms with Crippen LogP contribution in [0.25, 0.3) is 0 Å². The van der Waals surface area contributed by atoms with Crippen molar-refractivity contribution in [1.29, 1.82) is 0 Å². The molecule has 0 aliphatic heterocycles. The van der Waals surface area contributed by atoms with Crippen LogP contribution in [0.3, 0.4) is 0 Å². The predicted octanol–water partition coefficient (Wildman–Crippen LogP) is 3.24. The largest absolute Gasteiger partial charge is 0.310 e. The summed E-state index contributed by atoms with van der Waals surface area (Å²) in [6, 6.07) is 4.73. The number of hydrogen-bond acceptors (Lipinski definition) is 1. The summed E-state index contributed by atoms with van der Waals surface area (Å²) in [7, 11) is 0. The smallest absolute Gasteiger partial charge is 0.159 e. The highest BCUT2D eigenvalue weighted by molar-refractivity contribution is 5.17. The van der Waals surface area contributed by atoms with Gasteiger partial charge in [0.05, 0.1) is 0 Å². The van der Waals surface area contributed by atoms with E-state index in [9.17, 15) is 8.78 Å². The van der Waals surface area contributed by atoms with Gasteiger partial charge in [0.25, 0.3) is 0 Å². The summed E-state index contributed by atoms with van der Waals surface area (Å²) < 4.78 is 25.8. The minimum atomic E-state index is -0.770. The summed E-state index contributed by atoms with van der Waals surface area (Å²) in [6.45, 7) is 0.644. The first-order valence-corrected chi connectivity index (χ1v) is 6.39. The molecule has 92 valence electrons. The van der Waals surface area contributed by atoms with Crippen molar-refractivity contribution in [3.05, 3.63) is 35.4 Å². The van der Waals surface area contributed by atoms with Gasteiger partial charge < -0.3 is 5.32 Å². The first-order chi connectivity index (χ1) is 8.22. The van der Waals surface area contributed by atoms with Gasteiger partial charge in [-0.3, -0.25) is 0 Å². The van der Waals surface area contributed by atoms with Crippen LogP contribution in [0, 0.1) is 23.5 Å². The summed E-state index contributed by atoms with van der Waals surface area (Å²) in [5.41, 5.74) is 0.826. The normalized spacial score (nSPS) is 31.1. The molecule has 2 saturated carbocycles. The Hall–Kier alpha value is -0.960. The van der Waals surface area contributed by atoms with Crippen molar-refractivity contribution < 1.29 is 8.78 Å². The maximum absolute atomic E-state index is 13.0. The topological polar surface area (TPSA) is 12.0 Å². The van der Waals surface area contributed by atoms with E-state index in [2.05, 4.69) is 5.32 Å². The predicted molar refractivity (Wildman–Crippen MR) is 62.4 cm³/mol. The molecule has 1 aromatic carbocycles. The summed E-state index contributed by atoms with van der Waals surface area (Å²) >= 11 is 0. The van der Waals surface area contributed by atoms with Gasteiger partial charge in [-0.25, -0.2) is 8.78 Å². The van der Waals surface area contributed by atoms with E-state index in [4.69, 9.17) is 0 Å². The molecule has 0 aromatic heterocycles. The van der Waals surface area contributed by atoms with Crippen molar-refractivity contribution in [2.24, 2.45) is 11.8 Å². The van der Waals surface area contributed by atoms with E-state index >= 15 is 0 Å². The quantitative estimate of drug-likeness (QED) is 0.851. The number of benzene rings is 1. The molecule has 3 unspecified atom stereocenters. The molecule has 1 nitrogen and oxygen atoms in total. The minimum absolute atomic E-state index is 0.585. The minimum Gasteiger partial charge on any atom is -0.310 e. The fourth-order valence-corrected chi connectivity index (χ4v) is 3.39. The van der Waals surface area contributed by atoms with Gasteiger partial charge in [0.1, 0.15) is 0 Å². The Kier molecular flexibility index (Phi) is 2.87. The summed E-state index contributed by atoms with van der Waals surface area (Å²) in [4.78, 5) is 0. The van der Waals surface area contributed by atoms with Gasteiger partial charge in [-0.05, 0) is 48.8 Å². The zero-order chi connectivity index (χ0) is 11.8. The summed E-state index contributed by atoms with van der Waals surface area (Å²) in [6.07, 6.45) is 5.33. The molecule has 2 fully saturated rings. The van der Waals surface area contributed by atoms with E-state index in [1.54, 1.807) is 6.07 Å². The highest BCUT2D eigenvalue weighted by Gasteiger charge is 2.38. The van der Waals surface area contributed by atoms with Crippen LogP contribution in [0.4, 0.5) is 8.78 Å². The zero-order valence-corrected chi connectivity index (χ0v) is 9.76. The molecular weight excluding hydrogens is 220 g/mol. The van der Waals surface area contributed by atoms with Crippen LogP contribution in [0.1, 0.15) is 31.2 Å². The van der Waals surface area contributed by atoms with E-state index in [1.807, 2.05) is 0 Å². The van der Waals surface area contributed by atoms with Crippen molar-refractivity contribution in [2.75, 3.05) is 0 Å². The lowest BCUT2D eigenvalue weighted by atomic mass is 9.95. The molecule has 2 aliphatic carbocycles. The summed E-state index contributed by atoms with van der Waals surface area (Å²) in [5.74, 6) is 0.193. The first kappa shape index (κ1) is 11.1. The van der Waals surface area contributed by atoms with Crippen LogP contribution in [0.2, 0.25) is 0 Å². The van der Waals surface area contributed by atoms with Crippen molar-refractivity contribution in [2.45, 2.75) is 38.3 Å².